The number of allylic oxidation sites excluding steroid dienone is 1. The monoisotopic (exact) mass is 286 g/mol. The molecule has 1 aliphatic rings. The zero-order valence-electron chi connectivity index (χ0n) is 10.6. The fourth-order valence-electron chi connectivity index (χ4n) is 2.16. The Morgan fingerprint density at radius 2 is 1.75 bits per heavy atom. The summed E-state index contributed by atoms with van der Waals surface area (Å²) in [4.78, 5) is 11.2. The summed E-state index contributed by atoms with van der Waals surface area (Å²) in [6, 6.07) is 5.04. The smallest absolute Gasteiger partial charge is 0.368 e. The highest BCUT2D eigenvalue weighted by atomic mass is 19.4. The van der Waals surface area contributed by atoms with E-state index in [2.05, 4.69) is 0 Å². The Morgan fingerprint density at radius 3 is 2.20 bits per heavy atom. The molecule has 108 valence electrons. The van der Waals surface area contributed by atoms with Crippen molar-refractivity contribution in [3.05, 3.63) is 45.6 Å². The van der Waals surface area contributed by atoms with Gasteiger partial charge in [0.2, 0.25) is 0 Å². The SMILES string of the molecule is O=[N+]([O-])c1ccc(/C=C(\N2CCCC2)C(F)(F)F)cc1. The van der Waals surface area contributed by atoms with Crippen LogP contribution in [0, 0.1) is 10.1 Å². The van der Waals surface area contributed by atoms with E-state index in [1.165, 1.54) is 29.2 Å². The van der Waals surface area contributed by atoms with Gasteiger partial charge in [0.25, 0.3) is 5.69 Å². The quantitative estimate of drug-likeness (QED) is 0.630. The van der Waals surface area contributed by atoms with Crippen LogP contribution in [0.3, 0.4) is 0 Å². The Morgan fingerprint density at radius 1 is 1.20 bits per heavy atom. The molecule has 7 heteroatoms. The lowest BCUT2D eigenvalue weighted by Crippen LogP contribution is -2.29. The van der Waals surface area contributed by atoms with Crippen molar-refractivity contribution < 1.29 is 18.1 Å². The lowest BCUT2D eigenvalue weighted by Gasteiger charge is -2.23. The Bertz CT molecular complexity index is 517. The molecule has 0 atom stereocenters. The van der Waals surface area contributed by atoms with E-state index in [1.54, 1.807) is 0 Å². The van der Waals surface area contributed by atoms with Gasteiger partial charge in [-0.3, -0.25) is 10.1 Å². The highest BCUT2D eigenvalue weighted by molar-refractivity contribution is 5.55. The number of non-ortho nitro benzene ring substituents is 1. The summed E-state index contributed by atoms with van der Waals surface area (Å²) in [6.07, 6.45) is -1.90. The number of halogens is 3. The number of rotatable bonds is 3. The molecule has 0 aromatic heterocycles. The van der Waals surface area contributed by atoms with Crippen molar-refractivity contribution in [3.63, 3.8) is 0 Å². The van der Waals surface area contributed by atoms with Gasteiger partial charge >= 0.3 is 6.18 Å². The third-order valence-corrected chi connectivity index (χ3v) is 3.14. The molecule has 0 aliphatic carbocycles. The van der Waals surface area contributed by atoms with Gasteiger partial charge in [0.1, 0.15) is 5.70 Å². The van der Waals surface area contributed by atoms with Crippen LogP contribution in [0.4, 0.5) is 18.9 Å². The first-order valence-corrected chi connectivity index (χ1v) is 6.16. The summed E-state index contributed by atoms with van der Waals surface area (Å²) in [5.41, 5.74) is -0.532. The number of nitrogens with zero attached hydrogens (tertiary/aromatic N) is 2. The van der Waals surface area contributed by atoms with Crippen molar-refractivity contribution in [3.8, 4) is 0 Å². The number of hydrogen-bond donors (Lipinski definition) is 0. The fraction of sp³-hybridized carbons (Fsp3) is 0.385. The van der Waals surface area contributed by atoms with E-state index < -0.39 is 16.8 Å². The van der Waals surface area contributed by atoms with Crippen LogP contribution in [0.2, 0.25) is 0 Å². The van der Waals surface area contributed by atoms with Gasteiger partial charge in [-0.05, 0) is 36.6 Å². The van der Waals surface area contributed by atoms with E-state index in [1.807, 2.05) is 0 Å². The molecule has 1 aromatic rings. The Labute approximate surface area is 113 Å². The molecular weight excluding hydrogens is 273 g/mol. The lowest BCUT2D eigenvalue weighted by atomic mass is 10.1. The molecule has 4 nitrogen and oxygen atoms in total. The molecule has 1 aromatic carbocycles. The van der Waals surface area contributed by atoms with Crippen molar-refractivity contribution >= 4 is 11.8 Å². The molecule has 2 rings (SSSR count). The zero-order chi connectivity index (χ0) is 14.8. The minimum absolute atomic E-state index is 0.142. The Kier molecular flexibility index (Phi) is 3.96. The second-order valence-electron chi connectivity index (χ2n) is 4.57. The van der Waals surface area contributed by atoms with Gasteiger partial charge in [0.05, 0.1) is 4.92 Å². The number of benzene rings is 1. The molecule has 0 amide bonds. The summed E-state index contributed by atoms with van der Waals surface area (Å²) in [5, 5.41) is 10.5. The minimum atomic E-state index is -4.42. The molecule has 0 unspecified atom stereocenters. The van der Waals surface area contributed by atoms with Gasteiger partial charge in [0.15, 0.2) is 0 Å². The van der Waals surface area contributed by atoms with E-state index in [-0.39, 0.29) is 5.69 Å². The summed E-state index contributed by atoms with van der Waals surface area (Å²) >= 11 is 0. The molecule has 0 N–H and O–H groups in total. The minimum Gasteiger partial charge on any atom is -0.368 e. The average molecular weight is 286 g/mol. The highest BCUT2D eigenvalue weighted by Crippen LogP contribution is 2.32. The van der Waals surface area contributed by atoms with Crippen LogP contribution < -0.4 is 0 Å². The summed E-state index contributed by atoms with van der Waals surface area (Å²) < 4.78 is 39.1. The predicted octanol–water partition coefficient (Wildman–Crippen LogP) is 3.59. The highest BCUT2D eigenvalue weighted by Gasteiger charge is 2.38. The van der Waals surface area contributed by atoms with Crippen molar-refractivity contribution in [2.45, 2.75) is 19.0 Å². The van der Waals surface area contributed by atoms with Crippen LogP contribution >= 0.6 is 0 Å². The van der Waals surface area contributed by atoms with Crippen molar-refractivity contribution in [1.29, 1.82) is 0 Å². The maximum absolute atomic E-state index is 13.0. The van der Waals surface area contributed by atoms with Gasteiger partial charge in [0, 0.05) is 25.2 Å². The molecular formula is C13H13F3N2O2. The van der Waals surface area contributed by atoms with Crippen molar-refractivity contribution in [1.82, 2.24) is 4.90 Å². The van der Waals surface area contributed by atoms with Crippen LogP contribution in [0.25, 0.3) is 6.08 Å². The number of likely N-dealkylation sites (tertiary alicyclic amines) is 1. The van der Waals surface area contributed by atoms with Gasteiger partial charge < -0.3 is 4.90 Å². The maximum Gasteiger partial charge on any atom is 0.431 e. The fourth-order valence-corrected chi connectivity index (χ4v) is 2.16. The number of nitro groups is 1. The van der Waals surface area contributed by atoms with E-state index in [9.17, 15) is 23.3 Å². The maximum atomic E-state index is 13.0. The van der Waals surface area contributed by atoms with E-state index in [4.69, 9.17) is 0 Å². The van der Waals surface area contributed by atoms with Crippen LogP contribution in [-0.4, -0.2) is 29.1 Å². The predicted molar refractivity (Wildman–Crippen MR) is 67.9 cm³/mol. The number of alkyl halides is 3. The third-order valence-electron chi connectivity index (χ3n) is 3.14. The van der Waals surface area contributed by atoms with E-state index in [0.717, 1.165) is 18.9 Å². The second-order valence-corrected chi connectivity index (χ2v) is 4.57. The molecule has 0 spiro atoms. The normalized spacial score (nSPS) is 16.6. The summed E-state index contributed by atoms with van der Waals surface area (Å²) in [6.45, 7) is 0.774. The second kappa shape index (κ2) is 5.52. The molecule has 0 radical (unpaired) electrons. The van der Waals surface area contributed by atoms with Gasteiger partial charge in [-0.15, -0.1) is 0 Å². The molecule has 20 heavy (non-hydrogen) atoms. The lowest BCUT2D eigenvalue weighted by molar-refractivity contribution is -0.384. The Hall–Kier alpha value is -2.05. The molecule has 1 saturated heterocycles. The van der Waals surface area contributed by atoms with Crippen LogP contribution in [0.15, 0.2) is 30.0 Å². The van der Waals surface area contributed by atoms with Gasteiger partial charge in [-0.25, -0.2) is 0 Å². The molecule has 1 aliphatic heterocycles. The van der Waals surface area contributed by atoms with Gasteiger partial charge in [-0.1, -0.05) is 0 Å². The van der Waals surface area contributed by atoms with Crippen molar-refractivity contribution in [2.24, 2.45) is 0 Å². The molecule has 1 fully saturated rings. The summed E-state index contributed by atoms with van der Waals surface area (Å²) in [7, 11) is 0. The third kappa shape index (κ3) is 3.28. The molecule has 0 bridgehead atoms. The van der Waals surface area contributed by atoms with Crippen LogP contribution in [0.5, 0.6) is 0 Å². The first kappa shape index (κ1) is 14.4. The Balaban J connectivity index is 2.30. The number of hydrogen-bond acceptors (Lipinski definition) is 3. The standard InChI is InChI=1S/C13H13F3N2O2/c14-13(15,16)12(17-7-1-2-8-17)9-10-3-5-11(6-4-10)18(19)20/h3-6,9H,1-2,7-8H2/b12-9-. The topological polar surface area (TPSA) is 46.4 Å². The first-order valence-electron chi connectivity index (χ1n) is 6.16. The molecule has 0 saturated carbocycles. The zero-order valence-corrected chi connectivity index (χ0v) is 10.6. The largest absolute Gasteiger partial charge is 0.431 e. The molecule has 1 heterocycles. The van der Waals surface area contributed by atoms with Gasteiger partial charge in [-0.2, -0.15) is 13.2 Å². The van der Waals surface area contributed by atoms with E-state index in [0.29, 0.717) is 18.7 Å². The van der Waals surface area contributed by atoms with Crippen LogP contribution in [-0.2, 0) is 0 Å². The number of nitro benzene ring substituents is 1. The average Bonchev–Trinajstić information content (AvgIpc) is 2.88. The van der Waals surface area contributed by atoms with E-state index >= 15 is 0 Å². The van der Waals surface area contributed by atoms with Crippen molar-refractivity contribution in [2.75, 3.05) is 13.1 Å². The van der Waals surface area contributed by atoms with Crippen LogP contribution in [0.1, 0.15) is 18.4 Å². The first-order chi connectivity index (χ1) is 9.38. The summed E-state index contributed by atoms with van der Waals surface area (Å²) in [5.74, 6) is 0.